The molecule has 2 aromatic rings. The lowest BCUT2D eigenvalue weighted by Gasteiger charge is -2.01. The normalized spacial score (nSPS) is 9.59. The lowest BCUT2D eigenvalue weighted by Crippen LogP contribution is -2.14. The fourth-order valence-electron chi connectivity index (χ4n) is 1.44. The Hall–Kier alpha value is -2.17. The molecule has 1 aromatic carbocycles. The third kappa shape index (κ3) is 2.50. The van der Waals surface area contributed by atoms with Crippen LogP contribution in [0, 0.1) is 6.92 Å². The van der Waals surface area contributed by atoms with Gasteiger partial charge in [0.05, 0.1) is 5.39 Å². The molecule has 17 heavy (non-hydrogen) atoms. The van der Waals surface area contributed by atoms with Crippen LogP contribution in [0.15, 0.2) is 23.0 Å². The van der Waals surface area contributed by atoms with E-state index in [4.69, 9.17) is 5.11 Å². The van der Waals surface area contributed by atoms with Crippen LogP contribution in [0.3, 0.4) is 0 Å². The Bertz CT molecular complexity index is 602. The molecular weight excluding hydrogens is 220 g/mol. The number of benzene rings is 1. The van der Waals surface area contributed by atoms with Crippen molar-refractivity contribution in [3.05, 3.63) is 39.8 Å². The summed E-state index contributed by atoms with van der Waals surface area (Å²) in [6, 6.07) is 4.99. The number of carboxylic acids is 1. The first kappa shape index (κ1) is 12.9. The highest BCUT2D eigenvalue weighted by Gasteiger charge is 2.12. The van der Waals surface area contributed by atoms with Crippen molar-refractivity contribution in [2.75, 3.05) is 0 Å². The molecule has 90 valence electrons. The monoisotopic (exact) mass is 234 g/mol. The van der Waals surface area contributed by atoms with Crippen molar-refractivity contribution in [1.82, 2.24) is 10.2 Å². The van der Waals surface area contributed by atoms with Crippen LogP contribution >= 0.6 is 0 Å². The highest BCUT2D eigenvalue weighted by Crippen LogP contribution is 2.14. The highest BCUT2D eigenvalue weighted by atomic mass is 16.4. The predicted octanol–water partition coefficient (Wildman–Crippen LogP) is 1.96. The number of nitrogens with zero attached hydrogens (tertiary/aromatic N) is 1. The molecule has 0 atom stereocenters. The Balaban J connectivity index is 0.000000686. The van der Waals surface area contributed by atoms with Crippen LogP contribution in [0.1, 0.15) is 29.9 Å². The second-order valence-electron chi connectivity index (χ2n) is 3.26. The second kappa shape index (κ2) is 5.25. The van der Waals surface area contributed by atoms with E-state index in [0.29, 0.717) is 10.8 Å². The van der Waals surface area contributed by atoms with E-state index < -0.39 is 5.97 Å². The van der Waals surface area contributed by atoms with E-state index in [0.717, 1.165) is 5.56 Å². The van der Waals surface area contributed by atoms with Crippen molar-refractivity contribution in [2.45, 2.75) is 20.8 Å². The molecule has 1 heterocycles. The van der Waals surface area contributed by atoms with Crippen LogP contribution in [0.25, 0.3) is 10.8 Å². The third-order valence-corrected chi connectivity index (χ3v) is 2.15. The predicted molar refractivity (Wildman–Crippen MR) is 65.4 cm³/mol. The summed E-state index contributed by atoms with van der Waals surface area (Å²) in [5.74, 6) is -1.15. The average Bonchev–Trinajstić information content (AvgIpc) is 2.31. The molecule has 0 unspecified atom stereocenters. The van der Waals surface area contributed by atoms with Gasteiger partial charge in [-0.05, 0) is 19.1 Å². The molecule has 2 N–H and O–H groups in total. The van der Waals surface area contributed by atoms with Crippen molar-refractivity contribution >= 4 is 16.7 Å². The van der Waals surface area contributed by atoms with Crippen molar-refractivity contribution in [3.8, 4) is 0 Å². The number of aromatic carboxylic acids is 1. The SMILES string of the molecule is CC.Cc1ccc2c(=O)[nH]nc(C(=O)O)c2c1. The zero-order chi connectivity index (χ0) is 13.0. The van der Waals surface area contributed by atoms with Crippen molar-refractivity contribution in [1.29, 1.82) is 0 Å². The topological polar surface area (TPSA) is 83.0 Å². The molecule has 0 aliphatic rings. The summed E-state index contributed by atoms with van der Waals surface area (Å²) in [5, 5.41) is 15.3. The Kier molecular flexibility index (Phi) is 3.98. The quantitative estimate of drug-likeness (QED) is 0.790. The molecule has 2 rings (SSSR count). The Morgan fingerprint density at radius 3 is 2.53 bits per heavy atom. The summed E-state index contributed by atoms with van der Waals surface area (Å²) in [4.78, 5) is 22.2. The molecule has 1 aromatic heterocycles. The van der Waals surface area contributed by atoms with E-state index in [1.165, 1.54) is 0 Å². The molecule has 0 radical (unpaired) electrons. The van der Waals surface area contributed by atoms with E-state index in [1.54, 1.807) is 18.2 Å². The van der Waals surface area contributed by atoms with Crippen LogP contribution in [0.5, 0.6) is 0 Å². The number of fused-ring (bicyclic) bond motifs is 1. The van der Waals surface area contributed by atoms with Gasteiger partial charge in [-0.25, -0.2) is 9.89 Å². The first-order valence-electron chi connectivity index (χ1n) is 5.32. The van der Waals surface area contributed by atoms with Gasteiger partial charge in [-0.1, -0.05) is 25.5 Å². The number of aromatic nitrogens is 2. The number of aromatic amines is 1. The third-order valence-electron chi connectivity index (χ3n) is 2.15. The van der Waals surface area contributed by atoms with Gasteiger partial charge in [0.1, 0.15) is 0 Å². The standard InChI is InChI=1S/C10H8N2O3.C2H6/c1-5-2-3-6-7(4-5)8(10(14)15)11-12-9(6)13;1-2/h2-4H,1H3,(H,12,13)(H,14,15);1-2H3. The first-order valence-corrected chi connectivity index (χ1v) is 5.32. The summed E-state index contributed by atoms with van der Waals surface area (Å²) in [5.41, 5.74) is 0.376. The molecular formula is C12H14N2O3. The van der Waals surface area contributed by atoms with E-state index in [-0.39, 0.29) is 11.3 Å². The number of carboxylic acid groups (broad SMARTS) is 1. The molecule has 0 aliphatic carbocycles. The summed E-state index contributed by atoms with van der Waals surface area (Å²) in [6.07, 6.45) is 0. The molecule has 0 bridgehead atoms. The molecule has 0 saturated heterocycles. The number of rotatable bonds is 1. The fraction of sp³-hybridized carbons (Fsp3) is 0.250. The van der Waals surface area contributed by atoms with Crippen molar-refractivity contribution in [3.63, 3.8) is 0 Å². The smallest absolute Gasteiger partial charge is 0.356 e. The zero-order valence-corrected chi connectivity index (χ0v) is 9.94. The van der Waals surface area contributed by atoms with Gasteiger partial charge >= 0.3 is 5.97 Å². The first-order chi connectivity index (χ1) is 8.09. The number of hydrogen-bond donors (Lipinski definition) is 2. The van der Waals surface area contributed by atoms with Crippen LogP contribution in [0.2, 0.25) is 0 Å². The van der Waals surface area contributed by atoms with Gasteiger partial charge in [-0.3, -0.25) is 4.79 Å². The summed E-state index contributed by atoms with van der Waals surface area (Å²) in [6.45, 7) is 5.83. The van der Waals surface area contributed by atoms with E-state index in [1.807, 2.05) is 20.8 Å². The molecule has 0 spiro atoms. The minimum atomic E-state index is -1.15. The summed E-state index contributed by atoms with van der Waals surface area (Å²) < 4.78 is 0. The van der Waals surface area contributed by atoms with E-state index in [9.17, 15) is 9.59 Å². The maximum absolute atomic E-state index is 11.4. The van der Waals surface area contributed by atoms with Crippen molar-refractivity contribution < 1.29 is 9.90 Å². The fourth-order valence-corrected chi connectivity index (χ4v) is 1.44. The van der Waals surface area contributed by atoms with Crippen LogP contribution in [0.4, 0.5) is 0 Å². The molecule has 0 amide bonds. The van der Waals surface area contributed by atoms with Gasteiger partial charge in [-0.2, -0.15) is 5.10 Å². The Morgan fingerprint density at radius 2 is 1.94 bits per heavy atom. The maximum atomic E-state index is 11.4. The zero-order valence-electron chi connectivity index (χ0n) is 9.94. The number of H-pyrrole nitrogens is 1. The van der Waals surface area contributed by atoms with Crippen LogP contribution in [-0.2, 0) is 0 Å². The molecule has 0 saturated carbocycles. The van der Waals surface area contributed by atoms with Gasteiger partial charge in [0.25, 0.3) is 5.56 Å². The van der Waals surface area contributed by atoms with Crippen LogP contribution < -0.4 is 5.56 Å². The minimum Gasteiger partial charge on any atom is -0.476 e. The number of carbonyl (C=O) groups is 1. The lowest BCUT2D eigenvalue weighted by molar-refractivity contribution is 0.0691. The average molecular weight is 234 g/mol. The lowest BCUT2D eigenvalue weighted by atomic mass is 10.1. The Labute approximate surface area is 98.1 Å². The minimum absolute atomic E-state index is 0.131. The van der Waals surface area contributed by atoms with Gasteiger partial charge in [0.2, 0.25) is 0 Å². The van der Waals surface area contributed by atoms with E-state index in [2.05, 4.69) is 10.2 Å². The molecule has 0 aliphatic heterocycles. The van der Waals surface area contributed by atoms with Gasteiger partial charge in [0.15, 0.2) is 5.69 Å². The number of nitrogens with one attached hydrogen (secondary N) is 1. The van der Waals surface area contributed by atoms with E-state index >= 15 is 0 Å². The Morgan fingerprint density at radius 1 is 1.29 bits per heavy atom. The molecule has 5 heteroatoms. The largest absolute Gasteiger partial charge is 0.476 e. The van der Waals surface area contributed by atoms with Crippen LogP contribution in [-0.4, -0.2) is 21.3 Å². The van der Waals surface area contributed by atoms with Crippen molar-refractivity contribution in [2.24, 2.45) is 0 Å². The summed E-state index contributed by atoms with van der Waals surface area (Å²) in [7, 11) is 0. The maximum Gasteiger partial charge on any atom is 0.356 e. The van der Waals surface area contributed by atoms with Gasteiger partial charge in [-0.15, -0.1) is 0 Å². The molecule has 5 nitrogen and oxygen atoms in total. The van der Waals surface area contributed by atoms with Gasteiger partial charge in [0, 0.05) is 5.39 Å². The second-order valence-corrected chi connectivity index (χ2v) is 3.26. The number of hydrogen-bond acceptors (Lipinski definition) is 3. The van der Waals surface area contributed by atoms with Gasteiger partial charge < -0.3 is 5.11 Å². The molecule has 0 fully saturated rings. The number of aryl methyl sites for hydroxylation is 1. The highest BCUT2D eigenvalue weighted by molar-refractivity contribution is 6.01. The summed E-state index contributed by atoms with van der Waals surface area (Å²) >= 11 is 0.